The van der Waals surface area contributed by atoms with Crippen molar-refractivity contribution in [2.75, 3.05) is 7.11 Å². The van der Waals surface area contributed by atoms with Crippen LogP contribution in [-0.4, -0.2) is 22.2 Å². The molecule has 0 saturated carbocycles. The summed E-state index contributed by atoms with van der Waals surface area (Å²) in [6.07, 6.45) is 0.501. The lowest BCUT2D eigenvalue weighted by Gasteiger charge is -2.10. The van der Waals surface area contributed by atoms with Gasteiger partial charge < -0.3 is 9.47 Å². The lowest BCUT2D eigenvalue weighted by atomic mass is 10.1. The molecule has 0 spiro atoms. The van der Waals surface area contributed by atoms with Gasteiger partial charge in [0.15, 0.2) is 0 Å². The fourth-order valence-corrected chi connectivity index (χ4v) is 2.46. The molecular formula is C18H14ClN3O4. The third-order valence-electron chi connectivity index (χ3n) is 3.57. The van der Waals surface area contributed by atoms with Gasteiger partial charge in [0, 0.05) is 18.6 Å². The van der Waals surface area contributed by atoms with Crippen LogP contribution in [0.2, 0.25) is 5.02 Å². The molecule has 0 aliphatic heterocycles. The maximum absolute atomic E-state index is 11.1. The lowest BCUT2D eigenvalue weighted by molar-refractivity contribution is -0.385. The highest BCUT2D eigenvalue weighted by molar-refractivity contribution is 6.32. The molecule has 26 heavy (non-hydrogen) atoms. The molecule has 132 valence electrons. The average Bonchev–Trinajstić information content (AvgIpc) is 2.65. The van der Waals surface area contributed by atoms with Crippen LogP contribution in [0.4, 0.5) is 5.69 Å². The summed E-state index contributed by atoms with van der Waals surface area (Å²) in [5.41, 5.74) is 1.49. The van der Waals surface area contributed by atoms with Crippen molar-refractivity contribution in [3.05, 3.63) is 81.0 Å². The van der Waals surface area contributed by atoms with E-state index in [2.05, 4.69) is 10.2 Å². The Morgan fingerprint density at radius 1 is 1.08 bits per heavy atom. The molecule has 0 radical (unpaired) electrons. The first-order valence-electron chi connectivity index (χ1n) is 7.63. The Balaban J connectivity index is 1.85. The summed E-state index contributed by atoms with van der Waals surface area (Å²) in [4.78, 5) is 10.6. The van der Waals surface area contributed by atoms with E-state index >= 15 is 0 Å². The zero-order chi connectivity index (χ0) is 18.5. The van der Waals surface area contributed by atoms with Gasteiger partial charge in [-0.1, -0.05) is 29.8 Å². The first kappa shape index (κ1) is 17.6. The summed E-state index contributed by atoms with van der Waals surface area (Å²) in [5, 5.41) is 19.5. The van der Waals surface area contributed by atoms with Gasteiger partial charge in [0.1, 0.15) is 5.75 Å². The normalized spacial score (nSPS) is 10.4. The van der Waals surface area contributed by atoms with E-state index in [1.165, 1.54) is 19.2 Å². The van der Waals surface area contributed by atoms with Gasteiger partial charge in [-0.3, -0.25) is 10.1 Å². The molecule has 3 rings (SSSR count). The summed E-state index contributed by atoms with van der Waals surface area (Å²) in [6, 6.07) is 14.9. The molecule has 1 aromatic heterocycles. The van der Waals surface area contributed by atoms with Crippen molar-refractivity contribution < 1.29 is 14.4 Å². The van der Waals surface area contributed by atoms with Crippen LogP contribution in [-0.2, 0) is 6.42 Å². The standard InChI is InChI=1S/C18H14ClN3O4/c1-25-18-9-7-13(20-21-18)10-12-6-8-14(19)17(11-12)26-16-5-3-2-4-15(16)22(23)24/h2-9,11H,10H2,1H3. The molecule has 3 aromatic rings. The number of nitro groups is 1. The minimum Gasteiger partial charge on any atom is -0.480 e. The fraction of sp³-hybridized carbons (Fsp3) is 0.111. The number of ether oxygens (including phenoxy) is 2. The van der Waals surface area contributed by atoms with Gasteiger partial charge in [0.05, 0.1) is 22.7 Å². The van der Waals surface area contributed by atoms with Crippen LogP contribution in [0, 0.1) is 10.1 Å². The predicted molar refractivity (Wildman–Crippen MR) is 96.0 cm³/mol. The third-order valence-corrected chi connectivity index (χ3v) is 3.88. The van der Waals surface area contributed by atoms with E-state index in [0.29, 0.717) is 23.1 Å². The van der Waals surface area contributed by atoms with Crippen molar-refractivity contribution in [2.24, 2.45) is 0 Å². The Hall–Kier alpha value is -3.19. The molecular weight excluding hydrogens is 358 g/mol. The molecule has 0 fully saturated rings. The van der Waals surface area contributed by atoms with E-state index in [9.17, 15) is 10.1 Å². The van der Waals surface area contributed by atoms with Gasteiger partial charge in [0.25, 0.3) is 0 Å². The second kappa shape index (κ2) is 7.79. The number of rotatable bonds is 6. The van der Waals surface area contributed by atoms with Gasteiger partial charge >= 0.3 is 5.69 Å². The lowest BCUT2D eigenvalue weighted by Crippen LogP contribution is -1.98. The predicted octanol–water partition coefficient (Wildman–Crippen LogP) is 4.43. The number of hydrogen-bond acceptors (Lipinski definition) is 6. The number of benzene rings is 2. The number of hydrogen-bond donors (Lipinski definition) is 0. The van der Waals surface area contributed by atoms with E-state index in [4.69, 9.17) is 21.1 Å². The third kappa shape index (κ3) is 4.07. The largest absolute Gasteiger partial charge is 0.480 e. The Bertz CT molecular complexity index is 932. The van der Waals surface area contributed by atoms with Crippen LogP contribution in [0.3, 0.4) is 0 Å². The Kier molecular flexibility index (Phi) is 5.28. The highest BCUT2D eigenvalue weighted by Gasteiger charge is 2.16. The average molecular weight is 372 g/mol. The Morgan fingerprint density at radius 3 is 2.58 bits per heavy atom. The molecule has 0 saturated heterocycles. The second-order valence-corrected chi connectivity index (χ2v) is 5.74. The van der Waals surface area contributed by atoms with E-state index in [1.807, 2.05) is 12.1 Å². The topological polar surface area (TPSA) is 87.4 Å². The molecule has 0 aliphatic carbocycles. The first-order valence-corrected chi connectivity index (χ1v) is 8.01. The van der Waals surface area contributed by atoms with Gasteiger partial charge in [-0.05, 0) is 29.8 Å². The maximum atomic E-state index is 11.1. The quantitative estimate of drug-likeness (QED) is 0.470. The minimum atomic E-state index is -0.500. The zero-order valence-electron chi connectivity index (χ0n) is 13.8. The second-order valence-electron chi connectivity index (χ2n) is 5.34. The van der Waals surface area contributed by atoms with Crippen molar-refractivity contribution >= 4 is 17.3 Å². The van der Waals surface area contributed by atoms with E-state index in [0.717, 1.165) is 11.3 Å². The fourth-order valence-electron chi connectivity index (χ4n) is 2.31. The van der Waals surface area contributed by atoms with E-state index < -0.39 is 4.92 Å². The highest BCUT2D eigenvalue weighted by Crippen LogP contribution is 2.35. The number of para-hydroxylation sites is 2. The van der Waals surface area contributed by atoms with Crippen molar-refractivity contribution in [1.29, 1.82) is 0 Å². The number of nitrogens with zero attached hydrogens (tertiary/aromatic N) is 3. The van der Waals surface area contributed by atoms with Crippen LogP contribution in [0.1, 0.15) is 11.3 Å². The van der Waals surface area contributed by atoms with Crippen molar-refractivity contribution in [1.82, 2.24) is 10.2 Å². The molecule has 8 heteroatoms. The van der Waals surface area contributed by atoms with Crippen molar-refractivity contribution in [2.45, 2.75) is 6.42 Å². The van der Waals surface area contributed by atoms with Gasteiger partial charge in [0.2, 0.25) is 11.6 Å². The molecule has 1 heterocycles. The maximum Gasteiger partial charge on any atom is 0.311 e. The summed E-state index contributed by atoms with van der Waals surface area (Å²) in [6.45, 7) is 0. The van der Waals surface area contributed by atoms with Gasteiger partial charge in [-0.2, -0.15) is 5.10 Å². The number of halogens is 1. The number of aromatic nitrogens is 2. The molecule has 0 atom stereocenters. The van der Waals surface area contributed by atoms with Crippen LogP contribution >= 0.6 is 11.6 Å². The first-order chi connectivity index (χ1) is 12.6. The van der Waals surface area contributed by atoms with Gasteiger partial charge in [-0.15, -0.1) is 5.10 Å². The van der Waals surface area contributed by atoms with E-state index in [-0.39, 0.29) is 11.4 Å². The summed E-state index contributed by atoms with van der Waals surface area (Å²) in [7, 11) is 1.52. The Labute approximate surface area is 154 Å². The van der Waals surface area contributed by atoms with Crippen molar-refractivity contribution in [3.63, 3.8) is 0 Å². The van der Waals surface area contributed by atoms with E-state index in [1.54, 1.807) is 30.3 Å². The molecule has 0 unspecified atom stereocenters. The summed E-state index contributed by atoms with van der Waals surface area (Å²) >= 11 is 6.18. The zero-order valence-corrected chi connectivity index (χ0v) is 14.5. The molecule has 0 aliphatic rings. The van der Waals surface area contributed by atoms with Gasteiger partial charge in [-0.25, -0.2) is 0 Å². The SMILES string of the molecule is COc1ccc(Cc2ccc(Cl)c(Oc3ccccc3[N+](=O)[O-])c2)nn1. The molecule has 2 aromatic carbocycles. The smallest absolute Gasteiger partial charge is 0.311 e. The number of nitro benzene ring substituents is 1. The number of methoxy groups -OCH3 is 1. The summed E-state index contributed by atoms with van der Waals surface area (Å²) in [5.74, 6) is 0.894. The van der Waals surface area contributed by atoms with Crippen LogP contribution in [0.5, 0.6) is 17.4 Å². The molecule has 0 bridgehead atoms. The van der Waals surface area contributed by atoms with Crippen LogP contribution in [0.15, 0.2) is 54.6 Å². The summed E-state index contributed by atoms with van der Waals surface area (Å²) < 4.78 is 10.7. The molecule has 0 N–H and O–H groups in total. The van der Waals surface area contributed by atoms with Crippen molar-refractivity contribution in [3.8, 4) is 17.4 Å². The van der Waals surface area contributed by atoms with Crippen LogP contribution in [0.25, 0.3) is 0 Å². The monoisotopic (exact) mass is 371 g/mol. The highest BCUT2D eigenvalue weighted by atomic mass is 35.5. The Morgan fingerprint density at radius 2 is 1.88 bits per heavy atom. The van der Waals surface area contributed by atoms with Crippen LogP contribution < -0.4 is 9.47 Å². The molecule has 0 amide bonds. The molecule has 7 nitrogen and oxygen atoms in total. The minimum absolute atomic E-state index is 0.126.